The van der Waals surface area contributed by atoms with E-state index in [0.717, 1.165) is 42.2 Å². The van der Waals surface area contributed by atoms with Crippen LogP contribution in [-0.4, -0.2) is 22.7 Å². The van der Waals surface area contributed by atoms with Gasteiger partial charge in [-0.3, -0.25) is 0 Å². The molecule has 0 aliphatic carbocycles. The number of rotatable bonds is 7. The minimum Gasteiger partial charge on any atom is -0.497 e. The van der Waals surface area contributed by atoms with Crippen molar-refractivity contribution in [2.45, 2.75) is 26.3 Å². The largest absolute Gasteiger partial charge is 0.497 e. The van der Waals surface area contributed by atoms with Gasteiger partial charge in [-0.15, -0.1) is 0 Å². The van der Waals surface area contributed by atoms with Crippen molar-refractivity contribution >= 4 is 28.4 Å². The highest BCUT2D eigenvalue weighted by molar-refractivity contribution is 5.99. The zero-order chi connectivity index (χ0) is 21.6. The van der Waals surface area contributed by atoms with Crippen molar-refractivity contribution in [1.29, 1.82) is 0 Å². The lowest BCUT2D eigenvalue weighted by molar-refractivity contribution is 0.262. The van der Waals surface area contributed by atoms with E-state index in [0.29, 0.717) is 5.69 Å². The normalized spacial score (nSPS) is 10.8. The van der Waals surface area contributed by atoms with E-state index < -0.39 is 0 Å². The molecular weight excluding hydrogens is 388 g/mol. The molecule has 0 spiro atoms. The van der Waals surface area contributed by atoms with Gasteiger partial charge in [0.1, 0.15) is 11.6 Å². The molecule has 0 aliphatic heterocycles. The van der Waals surface area contributed by atoms with E-state index in [1.165, 1.54) is 11.1 Å². The average molecular weight is 415 g/mol. The zero-order valence-electron chi connectivity index (χ0n) is 17.8. The molecule has 1 heterocycles. The summed E-state index contributed by atoms with van der Waals surface area (Å²) < 4.78 is 7.40. The Kier molecular flexibility index (Phi) is 6.17. The zero-order valence-corrected chi connectivity index (χ0v) is 17.8. The standard InChI is InChI=1S/C25H26N4O2/c1-3-29-23-7-5-4-6-22(23)28-24(29)17-10-18-8-11-19(12-9-18)26-25(30)27-20-13-15-21(31-2)16-14-20/h4-9,11-16H,3,10,17H2,1-2H3,(H2,26,27,30). The first-order valence-electron chi connectivity index (χ1n) is 10.4. The molecule has 0 aliphatic rings. The van der Waals surface area contributed by atoms with Crippen LogP contribution in [0, 0.1) is 0 Å². The summed E-state index contributed by atoms with van der Waals surface area (Å²) in [5.74, 6) is 1.85. The highest BCUT2D eigenvalue weighted by atomic mass is 16.5. The van der Waals surface area contributed by atoms with Crippen molar-refractivity contribution in [3.63, 3.8) is 0 Å². The third-order valence-corrected chi connectivity index (χ3v) is 5.25. The van der Waals surface area contributed by atoms with Crippen molar-refractivity contribution in [2.75, 3.05) is 17.7 Å². The van der Waals surface area contributed by atoms with Gasteiger partial charge in [-0.05, 0) is 67.4 Å². The molecule has 6 heteroatoms. The van der Waals surface area contributed by atoms with Gasteiger partial charge < -0.3 is 19.9 Å². The molecule has 6 nitrogen and oxygen atoms in total. The lowest BCUT2D eigenvalue weighted by atomic mass is 10.1. The van der Waals surface area contributed by atoms with E-state index >= 15 is 0 Å². The molecule has 31 heavy (non-hydrogen) atoms. The van der Waals surface area contributed by atoms with E-state index in [2.05, 4.69) is 40.3 Å². The molecule has 0 bridgehead atoms. The number of anilines is 2. The summed E-state index contributed by atoms with van der Waals surface area (Å²) in [5.41, 5.74) is 4.88. The van der Waals surface area contributed by atoms with Crippen LogP contribution in [0.3, 0.4) is 0 Å². The smallest absolute Gasteiger partial charge is 0.323 e. The minimum absolute atomic E-state index is 0.283. The van der Waals surface area contributed by atoms with E-state index in [1.807, 2.05) is 30.3 Å². The van der Waals surface area contributed by atoms with E-state index in [1.54, 1.807) is 31.4 Å². The van der Waals surface area contributed by atoms with Crippen LogP contribution in [0.5, 0.6) is 5.75 Å². The Morgan fingerprint density at radius 2 is 1.55 bits per heavy atom. The maximum Gasteiger partial charge on any atom is 0.323 e. The number of carbonyl (C=O) groups is 1. The minimum atomic E-state index is -0.283. The van der Waals surface area contributed by atoms with Crippen LogP contribution >= 0.6 is 0 Å². The van der Waals surface area contributed by atoms with Gasteiger partial charge in [-0.1, -0.05) is 24.3 Å². The maximum atomic E-state index is 12.2. The molecule has 4 aromatic rings. The van der Waals surface area contributed by atoms with Crippen LogP contribution in [0.2, 0.25) is 0 Å². The van der Waals surface area contributed by atoms with Gasteiger partial charge in [0.2, 0.25) is 0 Å². The van der Waals surface area contributed by atoms with Crippen LogP contribution in [0.1, 0.15) is 18.3 Å². The fraction of sp³-hybridized carbons (Fsp3) is 0.200. The Labute approximate surface area is 181 Å². The number of ether oxygens (including phenoxy) is 1. The maximum absolute atomic E-state index is 12.2. The number of imidazole rings is 1. The predicted molar refractivity (Wildman–Crippen MR) is 125 cm³/mol. The van der Waals surface area contributed by atoms with Crippen LogP contribution in [0.4, 0.5) is 16.2 Å². The fourth-order valence-electron chi connectivity index (χ4n) is 3.65. The van der Waals surface area contributed by atoms with Gasteiger partial charge in [-0.25, -0.2) is 9.78 Å². The Morgan fingerprint density at radius 3 is 2.19 bits per heavy atom. The van der Waals surface area contributed by atoms with Gasteiger partial charge in [0.05, 0.1) is 18.1 Å². The van der Waals surface area contributed by atoms with E-state index in [-0.39, 0.29) is 6.03 Å². The van der Waals surface area contributed by atoms with Gasteiger partial charge in [0.15, 0.2) is 0 Å². The van der Waals surface area contributed by atoms with Gasteiger partial charge in [0.25, 0.3) is 0 Å². The van der Waals surface area contributed by atoms with Gasteiger partial charge in [0, 0.05) is 24.3 Å². The topological polar surface area (TPSA) is 68.2 Å². The molecule has 3 aromatic carbocycles. The summed E-state index contributed by atoms with van der Waals surface area (Å²) in [6, 6.07) is 23.1. The quantitative estimate of drug-likeness (QED) is 0.420. The summed E-state index contributed by atoms with van der Waals surface area (Å²) in [4.78, 5) is 17.0. The molecule has 0 radical (unpaired) electrons. The number of urea groups is 1. The molecule has 2 amide bonds. The number of fused-ring (bicyclic) bond motifs is 1. The second-order valence-electron chi connectivity index (χ2n) is 7.27. The first kappa shape index (κ1) is 20.5. The second kappa shape index (κ2) is 9.34. The molecule has 0 saturated carbocycles. The molecule has 158 valence electrons. The lowest BCUT2D eigenvalue weighted by Crippen LogP contribution is -2.19. The molecule has 1 aromatic heterocycles. The molecule has 4 rings (SSSR count). The highest BCUT2D eigenvalue weighted by Crippen LogP contribution is 2.19. The average Bonchev–Trinajstić information content (AvgIpc) is 3.16. The summed E-state index contributed by atoms with van der Waals surface area (Å²) in [6.45, 7) is 3.05. The first-order chi connectivity index (χ1) is 15.2. The SMILES string of the molecule is CCn1c(CCc2ccc(NC(=O)Nc3ccc(OC)cc3)cc2)nc2ccccc21. The second-order valence-corrected chi connectivity index (χ2v) is 7.27. The number of carbonyl (C=O) groups excluding carboxylic acids is 1. The van der Waals surface area contributed by atoms with Crippen molar-refractivity contribution in [3.8, 4) is 5.75 Å². The number of nitrogens with zero attached hydrogens (tertiary/aromatic N) is 2. The van der Waals surface area contributed by atoms with Gasteiger partial charge in [-0.2, -0.15) is 0 Å². The number of nitrogens with one attached hydrogen (secondary N) is 2. The van der Waals surface area contributed by atoms with Crippen molar-refractivity contribution in [2.24, 2.45) is 0 Å². The Hall–Kier alpha value is -3.80. The molecule has 0 unspecified atom stereocenters. The summed E-state index contributed by atoms with van der Waals surface area (Å²) in [7, 11) is 1.61. The molecule has 0 fully saturated rings. The van der Waals surface area contributed by atoms with Crippen LogP contribution in [0.25, 0.3) is 11.0 Å². The number of hydrogen-bond acceptors (Lipinski definition) is 3. The lowest BCUT2D eigenvalue weighted by Gasteiger charge is -2.09. The van der Waals surface area contributed by atoms with Crippen molar-refractivity contribution in [3.05, 3.63) is 84.2 Å². The number of benzene rings is 3. The third-order valence-electron chi connectivity index (χ3n) is 5.25. The number of aryl methyl sites for hydroxylation is 3. The molecule has 0 saturated heterocycles. The monoisotopic (exact) mass is 414 g/mol. The number of methoxy groups -OCH3 is 1. The number of para-hydroxylation sites is 2. The summed E-state index contributed by atoms with van der Waals surface area (Å²) in [5, 5.41) is 5.67. The first-order valence-corrected chi connectivity index (χ1v) is 10.4. The highest BCUT2D eigenvalue weighted by Gasteiger charge is 2.09. The third kappa shape index (κ3) is 4.86. The molecule has 0 atom stereocenters. The number of amides is 2. The van der Waals surface area contributed by atoms with Crippen LogP contribution < -0.4 is 15.4 Å². The summed E-state index contributed by atoms with van der Waals surface area (Å²) in [6.07, 6.45) is 1.76. The van der Waals surface area contributed by atoms with Crippen molar-refractivity contribution < 1.29 is 9.53 Å². The van der Waals surface area contributed by atoms with Crippen LogP contribution in [0.15, 0.2) is 72.8 Å². The van der Waals surface area contributed by atoms with Gasteiger partial charge >= 0.3 is 6.03 Å². The molecular formula is C25H26N4O2. The fourth-order valence-corrected chi connectivity index (χ4v) is 3.65. The van der Waals surface area contributed by atoms with Crippen LogP contribution in [-0.2, 0) is 19.4 Å². The Balaban J connectivity index is 1.34. The Morgan fingerprint density at radius 1 is 0.903 bits per heavy atom. The Bertz CT molecular complexity index is 1160. The summed E-state index contributed by atoms with van der Waals surface area (Å²) >= 11 is 0. The predicted octanol–water partition coefficient (Wildman–Crippen LogP) is 5.49. The van der Waals surface area contributed by atoms with E-state index in [4.69, 9.17) is 9.72 Å². The van der Waals surface area contributed by atoms with E-state index in [9.17, 15) is 4.79 Å². The molecule has 2 N–H and O–H groups in total. The number of aromatic nitrogens is 2. The number of hydrogen-bond donors (Lipinski definition) is 2. The van der Waals surface area contributed by atoms with Crippen molar-refractivity contribution in [1.82, 2.24) is 9.55 Å².